The molecule has 0 aliphatic carbocycles. The molecule has 1 fully saturated rings. The summed E-state index contributed by atoms with van der Waals surface area (Å²) in [4.78, 5) is 12.6. The first-order valence-corrected chi connectivity index (χ1v) is 7.03. The van der Waals surface area contributed by atoms with E-state index in [0.717, 1.165) is 44.2 Å². The van der Waals surface area contributed by atoms with Gasteiger partial charge < -0.3 is 10.0 Å². The molecule has 0 saturated carbocycles. The topological polar surface area (TPSA) is 40.5 Å². The number of nitrogens with zero attached hydrogens (tertiary/aromatic N) is 1. The van der Waals surface area contributed by atoms with E-state index in [-0.39, 0.29) is 17.3 Å². The Morgan fingerprint density at radius 2 is 2.00 bits per heavy atom. The van der Waals surface area contributed by atoms with Crippen molar-refractivity contribution in [1.82, 2.24) is 0 Å². The van der Waals surface area contributed by atoms with E-state index in [2.05, 4.69) is 0 Å². The van der Waals surface area contributed by atoms with Crippen molar-refractivity contribution in [3.05, 3.63) is 29.3 Å². The summed E-state index contributed by atoms with van der Waals surface area (Å²) >= 11 is 0. The highest BCUT2D eigenvalue weighted by Crippen LogP contribution is 2.32. The Labute approximate surface area is 117 Å². The summed E-state index contributed by atoms with van der Waals surface area (Å²) in [6.07, 6.45) is 4.74. The average Bonchev–Trinajstić information content (AvgIpc) is 2.40. The van der Waals surface area contributed by atoms with Gasteiger partial charge in [-0.15, -0.1) is 0 Å². The van der Waals surface area contributed by atoms with Crippen LogP contribution in [0.3, 0.4) is 0 Å². The number of carboxylic acid groups (broad SMARTS) is 1. The maximum absolute atomic E-state index is 14.1. The molecule has 1 N–H and O–H groups in total. The molecule has 1 aliphatic rings. The Morgan fingerprint density at radius 1 is 1.35 bits per heavy atom. The van der Waals surface area contributed by atoms with Gasteiger partial charge in [-0.1, -0.05) is 13.3 Å². The zero-order valence-corrected chi connectivity index (χ0v) is 11.5. The molecule has 110 valence electrons. The van der Waals surface area contributed by atoms with Gasteiger partial charge in [-0.3, -0.25) is 0 Å². The van der Waals surface area contributed by atoms with Gasteiger partial charge >= 0.3 is 5.97 Å². The molecule has 20 heavy (non-hydrogen) atoms. The van der Waals surface area contributed by atoms with Crippen LogP contribution in [0.4, 0.5) is 14.5 Å². The molecule has 1 saturated heterocycles. The molecule has 0 radical (unpaired) electrons. The Balaban J connectivity index is 2.37. The summed E-state index contributed by atoms with van der Waals surface area (Å²) in [5.41, 5.74) is -0.430. The van der Waals surface area contributed by atoms with E-state index in [1.807, 2.05) is 6.92 Å². The van der Waals surface area contributed by atoms with Crippen molar-refractivity contribution in [2.45, 2.75) is 45.1 Å². The third kappa shape index (κ3) is 2.92. The third-order valence-corrected chi connectivity index (χ3v) is 3.80. The minimum atomic E-state index is -1.32. The minimum absolute atomic E-state index is 0.0758. The molecule has 0 aromatic heterocycles. The van der Waals surface area contributed by atoms with Gasteiger partial charge in [0.1, 0.15) is 17.3 Å². The maximum Gasteiger partial charge on any atom is 0.335 e. The van der Waals surface area contributed by atoms with Crippen molar-refractivity contribution in [2.75, 3.05) is 11.4 Å². The number of carboxylic acids is 1. The zero-order chi connectivity index (χ0) is 14.7. The van der Waals surface area contributed by atoms with Gasteiger partial charge in [0, 0.05) is 12.6 Å². The van der Waals surface area contributed by atoms with E-state index in [0.29, 0.717) is 6.54 Å². The molecular weight excluding hydrogens is 264 g/mol. The number of rotatable bonds is 4. The summed E-state index contributed by atoms with van der Waals surface area (Å²) in [5.74, 6) is -2.89. The number of hydrogen-bond donors (Lipinski definition) is 1. The van der Waals surface area contributed by atoms with Gasteiger partial charge in [0.25, 0.3) is 0 Å². The van der Waals surface area contributed by atoms with E-state index in [1.165, 1.54) is 0 Å². The van der Waals surface area contributed by atoms with Crippen molar-refractivity contribution >= 4 is 11.7 Å². The van der Waals surface area contributed by atoms with Crippen LogP contribution in [0.5, 0.6) is 0 Å². The van der Waals surface area contributed by atoms with Crippen LogP contribution < -0.4 is 4.90 Å². The quantitative estimate of drug-likeness (QED) is 0.913. The molecule has 1 heterocycles. The van der Waals surface area contributed by atoms with Crippen LogP contribution in [0, 0.1) is 11.6 Å². The van der Waals surface area contributed by atoms with Crippen molar-refractivity contribution in [3.63, 3.8) is 0 Å². The molecule has 0 spiro atoms. The normalized spacial score (nSPS) is 19.1. The Hall–Kier alpha value is -1.65. The first-order valence-electron chi connectivity index (χ1n) is 7.03. The first kappa shape index (κ1) is 14.8. The molecule has 1 aromatic rings. The lowest BCUT2D eigenvalue weighted by atomic mass is 9.97. The smallest absolute Gasteiger partial charge is 0.335 e. The molecule has 1 unspecified atom stereocenters. The van der Waals surface area contributed by atoms with Gasteiger partial charge in [0.15, 0.2) is 0 Å². The second kappa shape index (κ2) is 6.20. The van der Waals surface area contributed by atoms with Crippen molar-refractivity contribution in [2.24, 2.45) is 0 Å². The molecule has 2 rings (SSSR count). The summed E-state index contributed by atoms with van der Waals surface area (Å²) < 4.78 is 28.2. The molecule has 1 atom stereocenters. The van der Waals surface area contributed by atoms with Gasteiger partial charge in [0.05, 0.1) is 5.56 Å². The highest BCUT2D eigenvalue weighted by Gasteiger charge is 2.27. The van der Waals surface area contributed by atoms with Crippen molar-refractivity contribution < 1.29 is 18.7 Å². The summed E-state index contributed by atoms with van der Waals surface area (Å²) in [5, 5.41) is 8.82. The molecule has 1 aliphatic heterocycles. The average molecular weight is 283 g/mol. The summed E-state index contributed by atoms with van der Waals surface area (Å²) in [7, 11) is 0. The Bertz CT molecular complexity index is 480. The molecule has 1 aromatic carbocycles. The SMILES string of the molecule is CCCC1CCCCN1c1c(F)cc(C(=O)O)cc1F. The second-order valence-corrected chi connectivity index (χ2v) is 5.23. The number of anilines is 1. The number of benzene rings is 1. The van der Waals surface area contributed by atoms with Crippen LogP contribution >= 0.6 is 0 Å². The molecule has 5 heteroatoms. The molecular formula is C15H19F2NO2. The lowest BCUT2D eigenvalue weighted by molar-refractivity contribution is 0.0695. The van der Waals surface area contributed by atoms with Gasteiger partial charge in [-0.2, -0.15) is 0 Å². The predicted octanol–water partition coefficient (Wildman–Crippen LogP) is 3.82. The van der Waals surface area contributed by atoms with Crippen molar-refractivity contribution in [1.29, 1.82) is 0 Å². The number of piperidine rings is 1. The third-order valence-electron chi connectivity index (χ3n) is 3.80. The number of hydrogen-bond acceptors (Lipinski definition) is 2. The minimum Gasteiger partial charge on any atom is -0.478 e. The number of aromatic carboxylic acids is 1. The van der Waals surface area contributed by atoms with Crippen LogP contribution in [-0.4, -0.2) is 23.7 Å². The van der Waals surface area contributed by atoms with E-state index in [1.54, 1.807) is 4.90 Å². The fourth-order valence-corrected chi connectivity index (χ4v) is 2.89. The predicted molar refractivity (Wildman–Crippen MR) is 73.2 cm³/mol. The Morgan fingerprint density at radius 3 is 2.55 bits per heavy atom. The van der Waals surface area contributed by atoms with E-state index < -0.39 is 17.6 Å². The second-order valence-electron chi connectivity index (χ2n) is 5.23. The standard InChI is InChI=1S/C15H19F2NO2/c1-2-5-11-6-3-4-7-18(11)14-12(16)8-10(15(19)20)9-13(14)17/h8-9,11H,2-7H2,1H3,(H,19,20). The highest BCUT2D eigenvalue weighted by molar-refractivity contribution is 5.88. The van der Waals surface area contributed by atoms with E-state index in [9.17, 15) is 13.6 Å². The van der Waals surface area contributed by atoms with Gasteiger partial charge in [-0.25, -0.2) is 13.6 Å². The van der Waals surface area contributed by atoms with Crippen LogP contribution in [0.15, 0.2) is 12.1 Å². The zero-order valence-electron chi connectivity index (χ0n) is 11.5. The molecule has 0 amide bonds. The summed E-state index contributed by atoms with van der Waals surface area (Å²) in [6, 6.07) is 1.94. The molecule has 0 bridgehead atoms. The van der Waals surface area contributed by atoms with Crippen LogP contribution in [-0.2, 0) is 0 Å². The fraction of sp³-hybridized carbons (Fsp3) is 0.533. The first-order chi connectivity index (χ1) is 9.54. The van der Waals surface area contributed by atoms with E-state index in [4.69, 9.17) is 5.11 Å². The lowest BCUT2D eigenvalue weighted by Crippen LogP contribution is -2.40. The maximum atomic E-state index is 14.1. The summed E-state index contributed by atoms with van der Waals surface area (Å²) in [6.45, 7) is 2.66. The van der Waals surface area contributed by atoms with Gasteiger partial charge in [0.2, 0.25) is 0 Å². The monoisotopic (exact) mass is 283 g/mol. The number of halogens is 2. The number of carbonyl (C=O) groups is 1. The fourth-order valence-electron chi connectivity index (χ4n) is 2.89. The van der Waals surface area contributed by atoms with Crippen LogP contribution in [0.2, 0.25) is 0 Å². The highest BCUT2D eigenvalue weighted by atomic mass is 19.1. The van der Waals surface area contributed by atoms with Crippen molar-refractivity contribution in [3.8, 4) is 0 Å². The Kier molecular flexibility index (Phi) is 4.57. The van der Waals surface area contributed by atoms with Crippen LogP contribution in [0.1, 0.15) is 49.4 Å². The van der Waals surface area contributed by atoms with E-state index >= 15 is 0 Å². The van der Waals surface area contributed by atoms with Crippen LogP contribution in [0.25, 0.3) is 0 Å². The van der Waals surface area contributed by atoms with Gasteiger partial charge in [-0.05, 0) is 37.8 Å². The largest absolute Gasteiger partial charge is 0.478 e. The molecule has 3 nitrogen and oxygen atoms in total. The lowest BCUT2D eigenvalue weighted by Gasteiger charge is -2.38.